The van der Waals surface area contributed by atoms with E-state index in [0.29, 0.717) is 17.9 Å². The third-order valence-electron chi connectivity index (χ3n) is 3.89. The molecule has 0 spiro atoms. The maximum Gasteiger partial charge on any atom is 0.336 e. The number of aryl methyl sites for hydroxylation is 1. The molecule has 0 bridgehead atoms. The highest BCUT2D eigenvalue weighted by Crippen LogP contribution is 2.26. The molecule has 0 aromatic heterocycles. The van der Waals surface area contributed by atoms with Crippen molar-refractivity contribution in [2.45, 2.75) is 26.7 Å². The molecule has 4 heteroatoms. The van der Waals surface area contributed by atoms with Crippen LogP contribution in [0.1, 0.15) is 36.5 Å². The highest BCUT2D eigenvalue weighted by Gasteiger charge is 2.14. The SMILES string of the molecule is CCCCOc1cccc(/C=C(\C(=O)O)c2ccc(OC)cc2C)c1. The summed E-state index contributed by atoms with van der Waals surface area (Å²) in [5, 5.41) is 9.65. The molecule has 4 nitrogen and oxygen atoms in total. The maximum absolute atomic E-state index is 11.8. The van der Waals surface area contributed by atoms with Crippen LogP contribution in [0.5, 0.6) is 11.5 Å². The number of unbranched alkanes of at least 4 members (excludes halogenated alkanes) is 1. The van der Waals surface area contributed by atoms with Gasteiger partial charge in [-0.15, -0.1) is 0 Å². The number of methoxy groups -OCH3 is 1. The lowest BCUT2D eigenvalue weighted by Gasteiger charge is -2.10. The third-order valence-corrected chi connectivity index (χ3v) is 3.89. The van der Waals surface area contributed by atoms with Gasteiger partial charge in [0.05, 0.1) is 19.3 Å². The van der Waals surface area contributed by atoms with Crippen molar-refractivity contribution in [3.63, 3.8) is 0 Å². The summed E-state index contributed by atoms with van der Waals surface area (Å²) in [6.45, 7) is 4.64. The first-order chi connectivity index (χ1) is 12.0. The summed E-state index contributed by atoms with van der Waals surface area (Å²) in [5.74, 6) is 0.487. The van der Waals surface area contributed by atoms with E-state index < -0.39 is 5.97 Å². The van der Waals surface area contributed by atoms with Crippen LogP contribution in [0.4, 0.5) is 0 Å². The summed E-state index contributed by atoms with van der Waals surface area (Å²) in [7, 11) is 1.59. The van der Waals surface area contributed by atoms with Crippen LogP contribution in [-0.2, 0) is 4.79 Å². The lowest BCUT2D eigenvalue weighted by molar-refractivity contribution is -0.130. The predicted octanol–water partition coefficient (Wildman–Crippen LogP) is 4.81. The molecule has 0 aliphatic rings. The Hall–Kier alpha value is -2.75. The summed E-state index contributed by atoms with van der Waals surface area (Å²) >= 11 is 0. The molecule has 1 N–H and O–H groups in total. The van der Waals surface area contributed by atoms with Crippen LogP contribution in [0.15, 0.2) is 42.5 Å². The van der Waals surface area contributed by atoms with Crippen molar-refractivity contribution in [2.75, 3.05) is 13.7 Å². The second kappa shape index (κ2) is 8.92. The normalized spacial score (nSPS) is 11.2. The van der Waals surface area contributed by atoms with Gasteiger partial charge in [0.25, 0.3) is 0 Å². The lowest BCUT2D eigenvalue weighted by Crippen LogP contribution is -2.02. The van der Waals surface area contributed by atoms with E-state index in [1.807, 2.05) is 37.3 Å². The zero-order valence-corrected chi connectivity index (χ0v) is 14.9. The smallest absolute Gasteiger partial charge is 0.336 e. The van der Waals surface area contributed by atoms with E-state index in [1.165, 1.54) is 0 Å². The summed E-state index contributed by atoms with van der Waals surface area (Å²) in [4.78, 5) is 11.8. The molecule has 0 amide bonds. The topological polar surface area (TPSA) is 55.8 Å². The number of benzene rings is 2. The van der Waals surface area contributed by atoms with Crippen LogP contribution < -0.4 is 9.47 Å². The molecule has 2 rings (SSSR count). The molecule has 0 radical (unpaired) electrons. The molecule has 0 aliphatic heterocycles. The van der Waals surface area contributed by atoms with Crippen LogP contribution in [0.2, 0.25) is 0 Å². The minimum Gasteiger partial charge on any atom is -0.497 e. The Bertz CT molecular complexity index is 762. The number of rotatable bonds is 8. The molecule has 132 valence electrons. The fourth-order valence-corrected chi connectivity index (χ4v) is 2.52. The maximum atomic E-state index is 11.8. The lowest BCUT2D eigenvalue weighted by atomic mass is 9.98. The van der Waals surface area contributed by atoms with Crippen LogP contribution in [0, 0.1) is 6.92 Å². The van der Waals surface area contributed by atoms with Gasteiger partial charge in [0.1, 0.15) is 11.5 Å². The molecule has 2 aromatic carbocycles. The second-order valence-electron chi connectivity index (χ2n) is 5.82. The highest BCUT2D eigenvalue weighted by atomic mass is 16.5. The quantitative estimate of drug-likeness (QED) is 0.426. The van der Waals surface area contributed by atoms with Gasteiger partial charge in [0.2, 0.25) is 0 Å². The van der Waals surface area contributed by atoms with Gasteiger partial charge in [-0.3, -0.25) is 0 Å². The van der Waals surface area contributed by atoms with E-state index in [4.69, 9.17) is 9.47 Å². The molecule has 0 saturated carbocycles. The van der Waals surface area contributed by atoms with Gasteiger partial charge >= 0.3 is 5.97 Å². The van der Waals surface area contributed by atoms with Gasteiger partial charge in [0, 0.05) is 0 Å². The molecule has 0 heterocycles. The van der Waals surface area contributed by atoms with Crippen LogP contribution in [-0.4, -0.2) is 24.8 Å². The van der Waals surface area contributed by atoms with Crippen molar-refractivity contribution in [3.05, 3.63) is 59.2 Å². The Balaban J connectivity index is 2.34. The summed E-state index contributed by atoms with van der Waals surface area (Å²) in [6.07, 6.45) is 3.73. The summed E-state index contributed by atoms with van der Waals surface area (Å²) in [5.41, 5.74) is 2.56. The molecule has 25 heavy (non-hydrogen) atoms. The largest absolute Gasteiger partial charge is 0.497 e. The minimum atomic E-state index is -0.967. The van der Waals surface area contributed by atoms with Crippen molar-refractivity contribution in [1.29, 1.82) is 0 Å². The molecule has 2 aromatic rings. The number of carbonyl (C=O) groups is 1. The summed E-state index contributed by atoms with van der Waals surface area (Å²) < 4.78 is 10.9. The Morgan fingerprint density at radius 3 is 2.60 bits per heavy atom. The molecular formula is C21H24O4. The molecular weight excluding hydrogens is 316 g/mol. The first-order valence-corrected chi connectivity index (χ1v) is 8.38. The van der Waals surface area contributed by atoms with Gasteiger partial charge in [-0.1, -0.05) is 31.5 Å². The van der Waals surface area contributed by atoms with E-state index in [1.54, 1.807) is 25.3 Å². The molecule has 0 aliphatic carbocycles. The standard InChI is InChI=1S/C21H24O4/c1-4-5-11-25-18-8-6-7-16(13-18)14-20(21(22)23)19-10-9-17(24-3)12-15(19)2/h6-10,12-14H,4-5,11H2,1-3H3,(H,22,23)/b20-14-. The van der Waals surface area contributed by atoms with Gasteiger partial charge in [0.15, 0.2) is 0 Å². The molecule has 0 unspecified atom stereocenters. The monoisotopic (exact) mass is 340 g/mol. The van der Waals surface area contributed by atoms with E-state index in [-0.39, 0.29) is 5.57 Å². The number of hydrogen-bond donors (Lipinski definition) is 1. The van der Waals surface area contributed by atoms with Crippen LogP contribution in [0.3, 0.4) is 0 Å². The average Bonchev–Trinajstić information content (AvgIpc) is 2.60. The molecule has 0 atom stereocenters. The van der Waals surface area contributed by atoms with Crippen LogP contribution >= 0.6 is 0 Å². The van der Waals surface area contributed by atoms with E-state index in [2.05, 4.69) is 6.92 Å². The summed E-state index contributed by atoms with van der Waals surface area (Å²) in [6, 6.07) is 12.8. The minimum absolute atomic E-state index is 0.242. The van der Waals surface area contributed by atoms with Crippen molar-refractivity contribution in [1.82, 2.24) is 0 Å². The zero-order chi connectivity index (χ0) is 18.2. The number of carboxylic acid groups (broad SMARTS) is 1. The van der Waals surface area contributed by atoms with Gasteiger partial charge < -0.3 is 14.6 Å². The van der Waals surface area contributed by atoms with Gasteiger partial charge in [-0.2, -0.15) is 0 Å². The average molecular weight is 340 g/mol. The Kier molecular flexibility index (Phi) is 6.63. The molecule has 0 fully saturated rings. The van der Waals surface area contributed by atoms with Crippen molar-refractivity contribution >= 4 is 17.6 Å². The van der Waals surface area contributed by atoms with E-state index in [9.17, 15) is 9.90 Å². The Morgan fingerprint density at radius 1 is 1.16 bits per heavy atom. The number of carboxylic acids is 1. The predicted molar refractivity (Wildman–Crippen MR) is 100 cm³/mol. The number of aliphatic carboxylic acids is 1. The van der Waals surface area contributed by atoms with Crippen molar-refractivity contribution in [3.8, 4) is 11.5 Å². The van der Waals surface area contributed by atoms with Crippen LogP contribution in [0.25, 0.3) is 11.6 Å². The first-order valence-electron chi connectivity index (χ1n) is 8.38. The number of ether oxygens (including phenoxy) is 2. The molecule has 0 saturated heterocycles. The van der Waals surface area contributed by atoms with Gasteiger partial charge in [-0.05, 0) is 60.4 Å². The highest BCUT2D eigenvalue weighted by molar-refractivity contribution is 6.21. The first kappa shape index (κ1) is 18.6. The third kappa shape index (κ3) is 5.11. The van der Waals surface area contributed by atoms with E-state index in [0.717, 1.165) is 29.7 Å². The zero-order valence-electron chi connectivity index (χ0n) is 14.9. The van der Waals surface area contributed by atoms with Gasteiger partial charge in [-0.25, -0.2) is 4.79 Å². The van der Waals surface area contributed by atoms with Crippen molar-refractivity contribution < 1.29 is 19.4 Å². The second-order valence-corrected chi connectivity index (χ2v) is 5.82. The number of hydrogen-bond acceptors (Lipinski definition) is 3. The Morgan fingerprint density at radius 2 is 1.96 bits per heavy atom. The fourth-order valence-electron chi connectivity index (χ4n) is 2.52. The Labute approximate surface area is 148 Å². The van der Waals surface area contributed by atoms with Crippen molar-refractivity contribution in [2.24, 2.45) is 0 Å². The van der Waals surface area contributed by atoms with E-state index >= 15 is 0 Å². The fraction of sp³-hybridized carbons (Fsp3) is 0.286.